The van der Waals surface area contributed by atoms with Gasteiger partial charge in [0.2, 0.25) is 0 Å². The number of nitrogens with one attached hydrogen (secondary N) is 2. The molecule has 2 N–H and O–H groups in total. The van der Waals surface area contributed by atoms with E-state index >= 15 is 0 Å². The number of fused-ring (bicyclic) bond motifs is 1. The molecule has 146 valence electrons. The number of guanidine groups is 1. The van der Waals surface area contributed by atoms with E-state index in [0.717, 1.165) is 16.2 Å². The average molecular weight is 522 g/mol. The molecule has 0 aliphatic heterocycles. The molecule has 2 aromatic heterocycles. The molecule has 5 nitrogen and oxygen atoms in total. The van der Waals surface area contributed by atoms with Gasteiger partial charge in [0.15, 0.2) is 10.9 Å². The van der Waals surface area contributed by atoms with E-state index in [1.54, 1.807) is 24.5 Å². The molecule has 0 aliphatic rings. The van der Waals surface area contributed by atoms with Gasteiger partial charge in [0.25, 0.3) is 0 Å². The molecule has 0 unspecified atom stereocenters. The van der Waals surface area contributed by atoms with Gasteiger partial charge in [-0.3, -0.25) is 9.39 Å². The number of benzene rings is 1. The highest BCUT2D eigenvalue weighted by Crippen LogP contribution is 2.29. The number of hydrogen-bond acceptors (Lipinski definition) is 3. The van der Waals surface area contributed by atoms with Crippen molar-refractivity contribution in [1.82, 2.24) is 20.0 Å². The van der Waals surface area contributed by atoms with E-state index in [1.807, 2.05) is 22.2 Å². The zero-order valence-electron chi connectivity index (χ0n) is 15.3. The fraction of sp³-hybridized carbons (Fsp3) is 0.333. The van der Waals surface area contributed by atoms with E-state index in [4.69, 9.17) is 11.6 Å². The first-order chi connectivity index (χ1) is 12.4. The first-order valence-electron chi connectivity index (χ1n) is 8.20. The summed E-state index contributed by atoms with van der Waals surface area (Å²) >= 11 is 7.81. The molecule has 3 rings (SSSR count). The van der Waals surface area contributed by atoms with Gasteiger partial charge in [-0.2, -0.15) is 0 Å². The van der Waals surface area contributed by atoms with Gasteiger partial charge in [-0.25, -0.2) is 9.37 Å². The SMILES string of the molecule is CN=C(NCc1cn2ccsc2n1)NCC(C)(C)c1ccc(F)cc1Cl.I. The summed E-state index contributed by atoms with van der Waals surface area (Å²) in [6, 6.07) is 4.50. The molecule has 1 aromatic carbocycles. The minimum absolute atomic E-state index is 0. The van der Waals surface area contributed by atoms with Gasteiger partial charge >= 0.3 is 0 Å². The molecule has 0 aliphatic carbocycles. The van der Waals surface area contributed by atoms with E-state index in [1.165, 1.54) is 12.1 Å². The third-order valence-electron chi connectivity index (χ3n) is 4.16. The number of halogens is 3. The van der Waals surface area contributed by atoms with Crippen molar-refractivity contribution < 1.29 is 4.39 Å². The Morgan fingerprint density at radius 2 is 2.15 bits per heavy atom. The molecule has 0 bridgehead atoms. The van der Waals surface area contributed by atoms with Crippen LogP contribution in [0.2, 0.25) is 5.02 Å². The fourth-order valence-electron chi connectivity index (χ4n) is 2.69. The van der Waals surface area contributed by atoms with Gasteiger partial charge in [0.05, 0.1) is 12.2 Å². The van der Waals surface area contributed by atoms with Crippen LogP contribution in [0.1, 0.15) is 25.1 Å². The third-order valence-corrected chi connectivity index (χ3v) is 5.25. The van der Waals surface area contributed by atoms with Crippen molar-refractivity contribution in [3.63, 3.8) is 0 Å². The minimum Gasteiger partial charge on any atom is -0.356 e. The average Bonchev–Trinajstić information content (AvgIpc) is 3.16. The zero-order chi connectivity index (χ0) is 18.7. The third kappa shape index (κ3) is 5.32. The van der Waals surface area contributed by atoms with Crippen LogP contribution < -0.4 is 10.6 Å². The summed E-state index contributed by atoms with van der Waals surface area (Å²) in [6.45, 7) is 5.27. The van der Waals surface area contributed by atoms with E-state index in [2.05, 4.69) is 34.5 Å². The normalized spacial score (nSPS) is 12.1. The largest absolute Gasteiger partial charge is 0.356 e. The summed E-state index contributed by atoms with van der Waals surface area (Å²) in [4.78, 5) is 9.76. The lowest BCUT2D eigenvalue weighted by atomic mass is 9.84. The van der Waals surface area contributed by atoms with Gasteiger partial charge in [0, 0.05) is 41.8 Å². The predicted octanol–water partition coefficient (Wildman–Crippen LogP) is 4.45. The first kappa shape index (κ1) is 21.9. The summed E-state index contributed by atoms with van der Waals surface area (Å²) < 4.78 is 15.3. The van der Waals surface area contributed by atoms with Crippen LogP contribution in [0.5, 0.6) is 0 Å². The molecule has 3 aromatic rings. The molecule has 0 spiro atoms. The second kappa shape index (κ2) is 9.20. The van der Waals surface area contributed by atoms with Crippen LogP contribution in [-0.2, 0) is 12.0 Å². The second-order valence-corrected chi connectivity index (χ2v) is 7.89. The number of nitrogens with zero attached hydrogens (tertiary/aromatic N) is 3. The lowest BCUT2D eigenvalue weighted by Crippen LogP contribution is -2.43. The summed E-state index contributed by atoms with van der Waals surface area (Å²) in [7, 11) is 1.72. The maximum atomic E-state index is 13.3. The number of aromatic nitrogens is 2. The number of aliphatic imine (C=N–C) groups is 1. The van der Waals surface area contributed by atoms with E-state index < -0.39 is 0 Å². The Labute approximate surface area is 184 Å². The van der Waals surface area contributed by atoms with Gasteiger partial charge in [-0.05, 0) is 17.7 Å². The molecule has 0 amide bonds. The molecule has 27 heavy (non-hydrogen) atoms. The maximum absolute atomic E-state index is 13.3. The quantitative estimate of drug-likeness (QED) is 0.296. The van der Waals surface area contributed by atoms with Gasteiger partial charge in [0.1, 0.15) is 5.82 Å². The van der Waals surface area contributed by atoms with Crippen molar-refractivity contribution in [2.75, 3.05) is 13.6 Å². The van der Waals surface area contributed by atoms with Crippen LogP contribution in [0.25, 0.3) is 4.96 Å². The highest BCUT2D eigenvalue weighted by Gasteiger charge is 2.24. The zero-order valence-corrected chi connectivity index (χ0v) is 19.2. The number of imidazole rings is 1. The second-order valence-electron chi connectivity index (χ2n) is 6.61. The molecule has 0 fully saturated rings. The van der Waals surface area contributed by atoms with E-state index in [0.29, 0.717) is 24.1 Å². The summed E-state index contributed by atoms with van der Waals surface area (Å²) in [5.41, 5.74) is 1.54. The van der Waals surface area contributed by atoms with Gasteiger partial charge in [-0.15, -0.1) is 35.3 Å². The smallest absolute Gasteiger partial charge is 0.193 e. The molecule has 0 saturated heterocycles. The summed E-state index contributed by atoms with van der Waals surface area (Å²) in [5.74, 6) is 0.340. The van der Waals surface area contributed by atoms with Gasteiger partial charge in [-0.1, -0.05) is 31.5 Å². The van der Waals surface area contributed by atoms with Crippen molar-refractivity contribution in [3.05, 3.63) is 58.1 Å². The Morgan fingerprint density at radius 1 is 1.37 bits per heavy atom. The fourth-order valence-corrected chi connectivity index (χ4v) is 3.84. The van der Waals surface area contributed by atoms with Crippen molar-refractivity contribution in [2.45, 2.75) is 25.8 Å². The molecular weight excluding hydrogens is 500 g/mol. The lowest BCUT2D eigenvalue weighted by Gasteiger charge is -2.27. The molecule has 9 heteroatoms. The maximum Gasteiger partial charge on any atom is 0.193 e. The number of hydrogen-bond donors (Lipinski definition) is 2. The Balaban J connectivity index is 0.00000261. The Hall–Kier alpha value is -1.39. The topological polar surface area (TPSA) is 53.7 Å². The highest BCUT2D eigenvalue weighted by molar-refractivity contribution is 14.0. The standard InChI is InChI=1S/C18H21ClFN5S.HI/c1-18(2,14-5-4-12(20)8-15(14)19)11-23-16(21-3)22-9-13-10-25-6-7-26-17(25)24-13;/h4-8,10H,9,11H2,1-3H3,(H2,21,22,23);1H. The number of rotatable bonds is 5. The van der Waals surface area contributed by atoms with Crippen molar-refractivity contribution in [3.8, 4) is 0 Å². The van der Waals surface area contributed by atoms with E-state index in [9.17, 15) is 4.39 Å². The van der Waals surface area contributed by atoms with Gasteiger partial charge < -0.3 is 10.6 Å². The van der Waals surface area contributed by atoms with Crippen LogP contribution in [-0.4, -0.2) is 28.9 Å². The minimum atomic E-state index is -0.333. The van der Waals surface area contributed by atoms with Crippen LogP contribution in [0.3, 0.4) is 0 Å². The summed E-state index contributed by atoms with van der Waals surface area (Å²) in [6.07, 6.45) is 3.98. The summed E-state index contributed by atoms with van der Waals surface area (Å²) in [5, 5.41) is 8.99. The van der Waals surface area contributed by atoms with Crippen LogP contribution in [0.15, 0.2) is 41.0 Å². The van der Waals surface area contributed by atoms with Crippen molar-refractivity contribution >= 4 is 57.8 Å². The Morgan fingerprint density at radius 3 is 2.81 bits per heavy atom. The Bertz CT molecular complexity index is 908. The molecular formula is C18H22ClFIN5S. The lowest BCUT2D eigenvalue weighted by molar-refractivity contribution is 0.507. The molecule has 2 heterocycles. The monoisotopic (exact) mass is 521 g/mol. The van der Waals surface area contributed by atoms with Crippen molar-refractivity contribution in [2.24, 2.45) is 4.99 Å². The molecule has 0 radical (unpaired) electrons. The van der Waals surface area contributed by atoms with E-state index in [-0.39, 0.29) is 35.2 Å². The van der Waals surface area contributed by atoms with Crippen LogP contribution >= 0.6 is 46.9 Å². The molecule has 0 atom stereocenters. The predicted molar refractivity (Wildman–Crippen MR) is 121 cm³/mol. The number of thiazole rings is 1. The molecule has 0 saturated carbocycles. The van der Waals surface area contributed by atoms with Crippen LogP contribution in [0.4, 0.5) is 4.39 Å². The highest BCUT2D eigenvalue weighted by atomic mass is 127. The van der Waals surface area contributed by atoms with Crippen molar-refractivity contribution in [1.29, 1.82) is 0 Å². The first-order valence-corrected chi connectivity index (χ1v) is 9.46. The van der Waals surface area contributed by atoms with Crippen LogP contribution in [0, 0.1) is 5.82 Å². The Kier molecular flexibility index (Phi) is 7.47.